The van der Waals surface area contributed by atoms with Crippen LogP contribution in [0.15, 0.2) is 0 Å². The Morgan fingerprint density at radius 3 is 2.65 bits per heavy atom. The van der Waals surface area contributed by atoms with Gasteiger partial charge in [-0.05, 0) is 6.42 Å². The fraction of sp³-hybridized carbons (Fsp3) is 0.818. The first kappa shape index (κ1) is 17.3. The largest absolute Gasteiger partial charge is 0.480 e. The Morgan fingerprint density at radius 1 is 1.45 bits per heavy atom. The third-order valence-electron chi connectivity index (χ3n) is 2.93. The lowest BCUT2D eigenvalue weighted by Gasteiger charge is -2.26. The van der Waals surface area contributed by atoms with Crippen LogP contribution in [0.2, 0.25) is 0 Å². The first-order valence-corrected chi connectivity index (χ1v) is 9.11. The van der Waals surface area contributed by atoms with E-state index in [2.05, 4.69) is 0 Å². The minimum atomic E-state index is -3.15. The van der Waals surface area contributed by atoms with E-state index in [4.69, 9.17) is 9.84 Å². The highest BCUT2D eigenvalue weighted by Gasteiger charge is 2.35. The number of carboxylic acid groups (broad SMARTS) is 1. The number of hydrogen-bond acceptors (Lipinski definition) is 6. The number of carbonyl (C=O) groups excluding carboxylic acids is 1. The van der Waals surface area contributed by atoms with Crippen LogP contribution < -0.4 is 0 Å². The van der Waals surface area contributed by atoms with Crippen molar-refractivity contribution in [1.29, 1.82) is 0 Å². The van der Waals surface area contributed by atoms with Gasteiger partial charge in [0.25, 0.3) is 0 Å². The molecule has 0 saturated carbocycles. The predicted molar refractivity (Wildman–Crippen MR) is 75.6 cm³/mol. The van der Waals surface area contributed by atoms with Gasteiger partial charge in [-0.2, -0.15) is 0 Å². The summed E-state index contributed by atoms with van der Waals surface area (Å²) in [6.45, 7) is 0.0541. The summed E-state index contributed by atoms with van der Waals surface area (Å²) in [6.07, 6.45) is 0.310. The number of carboxylic acids is 1. The maximum Gasteiger partial charge on any atom is 0.323 e. The van der Waals surface area contributed by atoms with Crippen LogP contribution in [-0.4, -0.2) is 79.6 Å². The Balaban J connectivity index is 2.60. The third kappa shape index (κ3) is 5.68. The summed E-state index contributed by atoms with van der Waals surface area (Å²) in [6, 6.07) is -0.522. The highest BCUT2D eigenvalue weighted by molar-refractivity contribution is 7.99. The number of rotatable bonds is 8. The minimum Gasteiger partial charge on any atom is -0.480 e. The molecule has 116 valence electrons. The van der Waals surface area contributed by atoms with Gasteiger partial charge in [-0.3, -0.25) is 9.59 Å². The van der Waals surface area contributed by atoms with Crippen molar-refractivity contribution in [2.75, 3.05) is 43.3 Å². The van der Waals surface area contributed by atoms with E-state index in [0.717, 1.165) is 0 Å². The van der Waals surface area contributed by atoms with Crippen LogP contribution in [0.4, 0.5) is 0 Å². The summed E-state index contributed by atoms with van der Waals surface area (Å²) in [5.74, 6) is -0.841. The lowest BCUT2D eigenvalue weighted by atomic mass is 10.2. The fourth-order valence-corrected chi connectivity index (χ4v) is 4.47. The van der Waals surface area contributed by atoms with Crippen molar-refractivity contribution < 1.29 is 27.9 Å². The van der Waals surface area contributed by atoms with E-state index in [1.807, 2.05) is 0 Å². The zero-order chi connectivity index (χ0) is 15.2. The SMILES string of the molecule is COCCSCC(=O)N(CC(=O)O)C1CCS(=O)(=O)C1. The Labute approximate surface area is 122 Å². The maximum absolute atomic E-state index is 12.0. The van der Waals surface area contributed by atoms with Gasteiger partial charge in [0.2, 0.25) is 5.91 Å². The molecule has 0 spiro atoms. The number of aliphatic carboxylic acids is 1. The standard InChI is InChI=1S/C11H19NO6S2/c1-18-3-4-19-7-10(13)12(6-11(14)15)9-2-5-20(16,17)8-9/h9H,2-8H2,1H3,(H,14,15). The normalized spacial score (nSPS) is 20.8. The molecule has 0 aromatic heterocycles. The van der Waals surface area contributed by atoms with Crippen molar-refractivity contribution in [3.05, 3.63) is 0 Å². The van der Waals surface area contributed by atoms with Crippen molar-refractivity contribution in [2.24, 2.45) is 0 Å². The Hall–Kier alpha value is -0.800. The minimum absolute atomic E-state index is 0.0118. The molecule has 1 aliphatic heterocycles. The Kier molecular flexibility index (Phi) is 6.77. The lowest BCUT2D eigenvalue weighted by Crippen LogP contribution is -2.45. The monoisotopic (exact) mass is 325 g/mol. The van der Waals surface area contributed by atoms with Crippen LogP contribution in [0.1, 0.15) is 6.42 Å². The summed E-state index contributed by atoms with van der Waals surface area (Å²) >= 11 is 1.34. The number of thioether (sulfide) groups is 1. The number of nitrogens with zero attached hydrogens (tertiary/aromatic N) is 1. The van der Waals surface area contributed by atoms with Crippen molar-refractivity contribution >= 4 is 33.5 Å². The molecule has 0 aliphatic carbocycles. The van der Waals surface area contributed by atoms with Crippen LogP contribution in [0.5, 0.6) is 0 Å². The molecule has 1 aliphatic rings. The molecule has 1 atom stereocenters. The molecule has 1 unspecified atom stereocenters. The summed E-state index contributed by atoms with van der Waals surface area (Å²) < 4.78 is 27.7. The number of amides is 1. The smallest absolute Gasteiger partial charge is 0.323 e. The van der Waals surface area contributed by atoms with Crippen LogP contribution in [0, 0.1) is 0 Å². The van der Waals surface area contributed by atoms with Crippen molar-refractivity contribution in [1.82, 2.24) is 4.90 Å². The molecule has 0 bridgehead atoms. The average Bonchev–Trinajstić information content (AvgIpc) is 2.71. The van der Waals surface area contributed by atoms with Crippen molar-refractivity contribution in [2.45, 2.75) is 12.5 Å². The van der Waals surface area contributed by atoms with E-state index < -0.39 is 28.4 Å². The molecule has 1 N–H and O–H groups in total. The van der Waals surface area contributed by atoms with Crippen LogP contribution in [0.3, 0.4) is 0 Å². The molecule has 1 saturated heterocycles. The number of hydrogen-bond donors (Lipinski definition) is 1. The third-order valence-corrected chi connectivity index (χ3v) is 5.59. The number of methoxy groups -OCH3 is 1. The van der Waals surface area contributed by atoms with E-state index >= 15 is 0 Å². The van der Waals surface area contributed by atoms with Gasteiger partial charge in [0, 0.05) is 18.9 Å². The first-order chi connectivity index (χ1) is 9.35. The molecule has 1 rings (SSSR count). The molecule has 7 nitrogen and oxygen atoms in total. The van der Waals surface area contributed by atoms with E-state index in [1.54, 1.807) is 7.11 Å². The van der Waals surface area contributed by atoms with E-state index in [-0.39, 0.29) is 23.2 Å². The zero-order valence-corrected chi connectivity index (χ0v) is 12.9. The van der Waals surface area contributed by atoms with Gasteiger partial charge in [0.15, 0.2) is 9.84 Å². The van der Waals surface area contributed by atoms with Gasteiger partial charge in [0.1, 0.15) is 6.54 Å². The summed E-state index contributed by atoms with van der Waals surface area (Å²) in [4.78, 5) is 24.1. The Morgan fingerprint density at radius 2 is 2.15 bits per heavy atom. The van der Waals surface area contributed by atoms with Gasteiger partial charge in [-0.15, -0.1) is 11.8 Å². The van der Waals surface area contributed by atoms with Crippen LogP contribution >= 0.6 is 11.8 Å². The number of ether oxygens (including phenoxy) is 1. The van der Waals surface area contributed by atoms with Crippen LogP contribution in [0.25, 0.3) is 0 Å². The van der Waals surface area contributed by atoms with Gasteiger partial charge in [-0.25, -0.2) is 8.42 Å². The summed E-state index contributed by atoms with van der Waals surface area (Å²) in [5.41, 5.74) is 0. The number of sulfone groups is 1. The highest BCUT2D eigenvalue weighted by atomic mass is 32.2. The maximum atomic E-state index is 12.0. The molecule has 1 heterocycles. The average molecular weight is 325 g/mol. The molecule has 20 heavy (non-hydrogen) atoms. The number of carbonyl (C=O) groups is 2. The molecule has 0 aromatic rings. The van der Waals surface area contributed by atoms with E-state index in [9.17, 15) is 18.0 Å². The lowest BCUT2D eigenvalue weighted by molar-refractivity contribution is -0.144. The highest BCUT2D eigenvalue weighted by Crippen LogP contribution is 2.18. The van der Waals surface area contributed by atoms with Gasteiger partial charge >= 0.3 is 5.97 Å². The summed E-state index contributed by atoms with van der Waals surface area (Å²) in [7, 11) is -1.59. The van der Waals surface area contributed by atoms with Crippen molar-refractivity contribution in [3.8, 4) is 0 Å². The molecule has 1 fully saturated rings. The molecular weight excluding hydrogens is 306 g/mol. The fourth-order valence-electron chi connectivity index (χ4n) is 1.97. The zero-order valence-electron chi connectivity index (χ0n) is 11.3. The predicted octanol–water partition coefficient (Wildman–Crippen LogP) is -0.534. The van der Waals surface area contributed by atoms with Crippen LogP contribution in [-0.2, 0) is 24.2 Å². The second-order valence-electron chi connectivity index (χ2n) is 4.52. The van der Waals surface area contributed by atoms with Gasteiger partial charge < -0.3 is 14.7 Å². The molecular formula is C11H19NO6S2. The quantitative estimate of drug-likeness (QED) is 0.598. The Bertz CT molecular complexity index is 450. The molecule has 1 amide bonds. The first-order valence-electron chi connectivity index (χ1n) is 6.14. The van der Waals surface area contributed by atoms with E-state index in [1.165, 1.54) is 16.7 Å². The topological polar surface area (TPSA) is 101 Å². The molecule has 0 aromatic carbocycles. The second kappa shape index (κ2) is 7.84. The van der Waals surface area contributed by atoms with Gasteiger partial charge in [0.05, 0.1) is 23.9 Å². The van der Waals surface area contributed by atoms with Gasteiger partial charge in [-0.1, -0.05) is 0 Å². The van der Waals surface area contributed by atoms with E-state index in [0.29, 0.717) is 18.8 Å². The molecule has 0 radical (unpaired) electrons. The molecule has 9 heteroatoms. The van der Waals surface area contributed by atoms with Crippen molar-refractivity contribution in [3.63, 3.8) is 0 Å². The summed E-state index contributed by atoms with van der Waals surface area (Å²) in [5, 5.41) is 8.86. The second-order valence-corrected chi connectivity index (χ2v) is 7.85.